The minimum atomic E-state index is -0.712. The van der Waals surface area contributed by atoms with Crippen LogP contribution in [0.2, 0.25) is 0 Å². The molecule has 1 heterocycles. The topological polar surface area (TPSA) is 93.3 Å². The second-order valence-electron chi connectivity index (χ2n) is 4.97. The molecular formula is C16H18N2O5. The largest absolute Gasteiger partial charge is 0.497 e. The molecule has 0 unspecified atom stereocenters. The maximum absolute atomic E-state index is 11.4. The zero-order valence-corrected chi connectivity index (χ0v) is 13.1. The molecule has 7 nitrogen and oxygen atoms in total. The third-order valence-electron chi connectivity index (χ3n) is 3.32. The van der Waals surface area contributed by atoms with Gasteiger partial charge in [-0.15, -0.1) is 4.73 Å². The number of hydrogen-bond donors (Lipinski definition) is 2. The van der Waals surface area contributed by atoms with Gasteiger partial charge in [0.05, 0.1) is 18.4 Å². The molecule has 1 aromatic heterocycles. The molecule has 2 N–H and O–H groups in total. The number of aryl methyl sites for hydroxylation is 1. The van der Waals surface area contributed by atoms with Gasteiger partial charge in [0.1, 0.15) is 12.4 Å². The fourth-order valence-electron chi connectivity index (χ4n) is 2.12. The lowest BCUT2D eigenvalue weighted by Gasteiger charge is -2.10. The summed E-state index contributed by atoms with van der Waals surface area (Å²) in [5.41, 5.74) is 1.27. The number of rotatable bonds is 5. The van der Waals surface area contributed by atoms with Crippen molar-refractivity contribution in [1.82, 2.24) is 4.73 Å². The van der Waals surface area contributed by atoms with E-state index in [0.717, 1.165) is 11.3 Å². The van der Waals surface area contributed by atoms with Crippen molar-refractivity contribution in [2.45, 2.75) is 20.5 Å². The standard InChI is InChI=1S/C16H18N2O5/c1-10-8-14(19)18(21)16(20)15(10)11(2)17-23-9-12-4-6-13(22-3)7-5-12/h4-8,20-21H,9H2,1-3H3/b17-11+. The fourth-order valence-corrected chi connectivity index (χ4v) is 2.12. The molecule has 0 aliphatic rings. The summed E-state index contributed by atoms with van der Waals surface area (Å²) in [5.74, 6) is 0.184. The highest BCUT2D eigenvalue weighted by Crippen LogP contribution is 2.19. The van der Waals surface area contributed by atoms with E-state index in [2.05, 4.69) is 5.16 Å². The number of oxime groups is 1. The molecule has 2 rings (SSSR count). The Balaban J connectivity index is 2.14. The molecule has 0 atom stereocenters. The molecule has 2 aromatic rings. The predicted octanol–water partition coefficient (Wildman–Crippen LogP) is 2.05. The van der Waals surface area contributed by atoms with Gasteiger partial charge in [-0.2, -0.15) is 0 Å². The van der Waals surface area contributed by atoms with E-state index in [1.807, 2.05) is 24.3 Å². The van der Waals surface area contributed by atoms with Gasteiger partial charge in [-0.1, -0.05) is 17.3 Å². The highest BCUT2D eigenvalue weighted by atomic mass is 16.6. The number of aromatic nitrogens is 1. The second kappa shape index (κ2) is 6.87. The van der Waals surface area contributed by atoms with Crippen LogP contribution in [0.1, 0.15) is 23.6 Å². The number of nitrogens with zero attached hydrogens (tertiary/aromatic N) is 2. The number of pyridine rings is 1. The van der Waals surface area contributed by atoms with Crippen LogP contribution in [0.4, 0.5) is 0 Å². The third kappa shape index (κ3) is 3.63. The monoisotopic (exact) mass is 318 g/mol. The summed E-state index contributed by atoms with van der Waals surface area (Å²) in [6, 6.07) is 8.53. The van der Waals surface area contributed by atoms with E-state index in [9.17, 15) is 15.1 Å². The van der Waals surface area contributed by atoms with Crippen LogP contribution in [0.5, 0.6) is 11.6 Å². The van der Waals surface area contributed by atoms with Crippen molar-refractivity contribution in [3.63, 3.8) is 0 Å². The molecule has 0 amide bonds. The van der Waals surface area contributed by atoms with E-state index in [1.54, 1.807) is 21.0 Å². The second-order valence-corrected chi connectivity index (χ2v) is 4.97. The van der Waals surface area contributed by atoms with Gasteiger partial charge in [0, 0.05) is 6.07 Å². The summed E-state index contributed by atoms with van der Waals surface area (Å²) in [4.78, 5) is 16.6. The SMILES string of the molecule is COc1ccc(CO/N=C(\C)c2c(C)cc(=O)n(O)c2O)cc1. The van der Waals surface area contributed by atoms with E-state index in [1.165, 1.54) is 6.07 Å². The highest BCUT2D eigenvalue weighted by Gasteiger charge is 2.15. The molecule has 0 aliphatic heterocycles. The molecule has 0 saturated heterocycles. The van der Waals surface area contributed by atoms with Crippen molar-refractivity contribution in [3.05, 3.63) is 57.4 Å². The predicted molar refractivity (Wildman–Crippen MR) is 84.3 cm³/mol. The summed E-state index contributed by atoms with van der Waals surface area (Å²) in [6.07, 6.45) is 0. The Morgan fingerprint density at radius 1 is 1.30 bits per heavy atom. The highest BCUT2D eigenvalue weighted by molar-refractivity contribution is 6.01. The molecule has 0 radical (unpaired) electrons. The number of ether oxygens (including phenoxy) is 1. The maximum Gasteiger partial charge on any atom is 0.286 e. The van der Waals surface area contributed by atoms with E-state index in [0.29, 0.717) is 11.3 Å². The molecule has 0 aliphatic carbocycles. The van der Waals surface area contributed by atoms with Gasteiger partial charge in [0.2, 0.25) is 5.88 Å². The molecule has 0 fully saturated rings. The van der Waals surface area contributed by atoms with Gasteiger partial charge < -0.3 is 19.9 Å². The molecule has 122 valence electrons. The summed E-state index contributed by atoms with van der Waals surface area (Å²) in [6.45, 7) is 3.49. The zero-order chi connectivity index (χ0) is 17.0. The Kier molecular flexibility index (Phi) is 4.90. The minimum absolute atomic E-state index is 0.171. The molecule has 0 spiro atoms. The van der Waals surface area contributed by atoms with Gasteiger partial charge >= 0.3 is 0 Å². The van der Waals surface area contributed by atoms with E-state index in [-0.39, 0.29) is 16.9 Å². The van der Waals surface area contributed by atoms with Crippen molar-refractivity contribution in [2.24, 2.45) is 5.16 Å². The van der Waals surface area contributed by atoms with Crippen LogP contribution >= 0.6 is 0 Å². The van der Waals surface area contributed by atoms with E-state index in [4.69, 9.17) is 9.57 Å². The fraction of sp³-hybridized carbons (Fsp3) is 0.250. The lowest BCUT2D eigenvalue weighted by Crippen LogP contribution is -2.20. The average Bonchev–Trinajstić information content (AvgIpc) is 2.53. The first-order valence-electron chi connectivity index (χ1n) is 6.88. The van der Waals surface area contributed by atoms with Gasteiger partial charge in [-0.05, 0) is 37.1 Å². The number of hydrogen-bond acceptors (Lipinski definition) is 6. The molecule has 23 heavy (non-hydrogen) atoms. The normalized spacial score (nSPS) is 11.3. The molecule has 0 bridgehead atoms. The molecule has 1 aromatic carbocycles. The molecule has 0 saturated carbocycles. The van der Waals surface area contributed by atoms with Crippen LogP contribution in [-0.4, -0.2) is 27.9 Å². The Hall–Kier alpha value is -2.96. The first-order chi connectivity index (χ1) is 10.9. The minimum Gasteiger partial charge on any atom is -0.497 e. The van der Waals surface area contributed by atoms with Crippen molar-refractivity contribution in [3.8, 4) is 11.6 Å². The third-order valence-corrected chi connectivity index (χ3v) is 3.32. The average molecular weight is 318 g/mol. The van der Waals surface area contributed by atoms with Crippen LogP contribution < -0.4 is 10.3 Å². The van der Waals surface area contributed by atoms with Crippen molar-refractivity contribution < 1.29 is 19.9 Å². The van der Waals surface area contributed by atoms with Gasteiger partial charge in [-0.25, -0.2) is 0 Å². The summed E-state index contributed by atoms with van der Waals surface area (Å²) >= 11 is 0. The molecule has 7 heteroatoms. The maximum atomic E-state index is 11.4. The van der Waals surface area contributed by atoms with Crippen LogP contribution in [0.25, 0.3) is 0 Å². The quantitative estimate of drug-likeness (QED) is 0.500. The Labute approximate surface area is 133 Å². The number of aromatic hydroxyl groups is 1. The zero-order valence-electron chi connectivity index (χ0n) is 13.1. The molecular weight excluding hydrogens is 300 g/mol. The van der Waals surface area contributed by atoms with Crippen molar-refractivity contribution >= 4 is 5.71 Å². The lowest BCUT2D eigenvalue weighted by molar-refractivity contribution is 0.129. The summed E-state index contributed by atoms with van der Waals surface area (Å²) in [7, 11) is 1.59. The number of methoxy groups -OCH3 is 1. The van der Waals surface area contributed by atoms with Crippen LogP contribution in [0.15, 0.2) is 40.3 Å². The smallest absolute Gasteiger partial charge is 0.286 e. The summed E-state index contributed by atoms with van der Waals surface area (Å²) < 4.78 is 5.24. The van der Waals surface area contributed by atoms with E-state index >= 15 is 0 Å². The summed E-state index contributed by atoms with van der Waals surface area (Å²) in [5, 5.41) is 23.2. The lowest BCUT2D eigenvalue weighted by atomic mass is 10.1. The van der Waals surface area contributed by atoms with Crippen molar-refractivity contribution in [2.75, 3.05) is 7.11 Å². The van der Waals surface area contributed by atoms with Crippen molar-refractivity contribution in [1.29, 1.82) is 0 Å². The van der Waals surface area contributed by atoms with E-state index < -0.39 is 11.4 Å². The Morgan fingerprint density at radius 3 is 2.57 bits per heavy atom. The first kappa shape index (κ1) is 16.4. The van der Waals surface area contributed by atoms with Gasteiger partial charge in [0.15, 0.2) is 0 Å². The van der Waals surface area contributed by atoms with Crippen LogP contribution in [0, 0.1) is 6.92 Å². The Morgan fingerprint density at radius 2 is 1.96 bits per heavy atom. The van der Waals surface area contributed by atoms with Gasteiger partial charge in [-0.3, -0.25) is 4.79 Å². The first-order valence-corrected chi connectivity index (χ1v) is 6.88. The van der Waals surface area contributed by atoms with Gasteiger partial charge in [0.25, 0.3) is 5.56 Å². The Bertz CT molecular complexity index is 778. The van der Waals surface area contributed by atoms with Crippen LogP contribution in [-0.2, 0) is 11.4 Å². The number of benzene rings is 1. The van der Waals surface area contributed by atoms with Crippen LogP contribution in [0.3, 0.4) is 0 Å².